The van der Waals surface area contributed by atoms with Crippen LogP contribution in [0.3, 0.4) is 0 Å². The van der Waals surface area contributed by atoms with Gasteiger partial charge in [0.15, 0.2) is 0 Å². The first kappa shape index (κ1) is 13.6. The van der Waals surface area contributed by atoms with Gasteiger partial charge in [-0.25, -0.2) is 0 Å². The molecular formula is C14H25N3O. The summed E-state index contributed by atoms with van der Waals surface area (Å²) < 4.78 is 7.42. The lowest BCUT2D eigenvalue weighted by Gasteiger charge is -2.27. The zero-order valence-corrected chi connectivity index (χ0v) is 12.0. The quantitative estimate of drug-likeness (QED) is 0.891. The van der Waals surface area contributed by atoms with E-state index in [1.165, 1.54) is 30.5 Å². The topological polar surface area (TPSA) is 39.1 Å². The van der Waals surface area contributed by atoms with E-state index in [1.54, 1.807) is 0 Å². The Morgan fingerprint density at radius 3 is 2.56 bits per heavy atom. The number of nitrogens with one attached hydrogen (secondary N) is 1. The minimum Gasteiger partial charge on any atom is -0.381 e. The number of aromatic nitrogens is 2. The Balaban J connectivity index is 2.12. The van der Waals surface area contributed by atoms with E-state index in [2.05, 4.69) is 31.3 Å². The SMILES string of the molecule is CNC(CC1CCOCC1)c1c(C)nn(C)c1C. The lowest BCUT2D eigenvalue weighted by atomic mass is 9.89. The van der Waals surface area contributed by atoms with Crippen molar-refractivity contribution in [1.82, 2.24) is 15.1 Å². The molecule has 0 saturated carbocycles. The van der Waals surface area contributed by atoms with E-state index >= 15 is 0 Å². The van der Waals surface area contributed by atoms with Crippen LogP contribution in [0.25, 0.3) is 0 Å². The van der Waals surface area contributed by atoms with Crippen molar-refractivity contribution in [3.05, 3.63) is 17.0 Å². The molecule has 1 fully saturated rings. The van der Waals surface area contributed by atoms with Crippen LogP contribution in [0.15, 0.2) is 0 Å². The van der Waals surface area contributed by atoms with Crippen LogP contribution in [0, 0.1) is 19.8 Å². The Hall–Kier alpha value is -0.870. The molecule has 2 heterocycles. The van der Waals surface area contributed by atoms with Gasteiger partial charge in [-0.2, -0.15) is 5.10 Å². The van der Waals surface area contributed by atoms with Crippen molar-refractivity contribution in [3.63, 3.8) is 0 Å². The van der Waals surface area contributed by atoms with Crippen LogP contribution in [-0.2, 0) is 11.8 Å². The van der Waals surface area contributed by atoms with E-state index in [0.29, 0.717) is 6.04 Å². The van der Waals surface area contributed by atoms with E-state index in [9.17, 15) is 0 Å². The van der Waals surface area contributed by atoms with Gasteiger partial charge in [0.2, 0.25) is 0 Å². The van der Waals surface area contributed by atoms with Crippen molar-refractivity contribution in [1.29, 1.82) is 0 Å². The summed E-state index contributed by atoms with van der Waals surface area (Å²) in [5.74, 6) is 0.773. The molecule has 0 radical (unpaired) electrons. The number of hydrogen-bond acceptors (Lipinski definition) is 3. The van der Waals surface area contributed by atoms with Crippen LogP contribution in [0.1, 0.15) is 42.3 Å². The minimum absolute atomic E-state index is 0.418. The fourth-order valence-electron chi connectivity index (χ4n) is 2.99. The first-order valence-corrected chi connectivity index (χ1v) is 6.88. The fraction of sp³-hybridized carbons (Fsp3) is 0.786. The fourth-order valence-corrected chi connectivity index (χ4v) is 2.99. The zero-order valence-electron chi connectivity index (χ0n) is 12.0. The highest BCUT2D eigenvalue weighted by molar-refractivity contribution is 5.28. The third kappa shape index (κ3) is 2.75. The monoisotopic (exact) mass is 251 g/mol. The number of aryl methyl sites for hydroxylation is 2. The third-order valence-electron chi connectivity index (χ3n) is 4.17. The summed E-state index contributed by atoms with van der Waals surface area (Å²) >= 11 is 0. The molecule has 1 aromatic heterocycles. The second-order valence-electron chi connectivity index (χ2n) is 5.34. The molecule has 18 heavy (non-hydrogen) atoms. The molecule has 1 saturated heterocycles. The van der Waals surface area contributed by atoms with Gasteiger partial charge in [-0.05, 0) is 46.1 Å². The number of nitrogens with zero attached hydrogens (tertiary/aromatic N) is 2. The minimum atomic E-state index is 0.418. The number of rotatable bonds is 4. The highest BCUT2D eigenvalue weighted by Gasteiger charge is 2.23. The Morgan fingerprint density at radius 2 is 2.06 bits per heavy atom. The van der Waals surface area contributed by atoms with Crippen LogP contribution in [0.4, 0.5) is 0 Å². The van der Waals surface area contributed by atoms with Gasteiger partial charge in [0.05, 0.1) is 5.69 Å². The summed E-state index contributed by atoms with van der Waals surface area (Å²) in [7, 11) is 4.07. The summed E-state index contributed by atoms with van der Waals surface area (Å²) in [6.07, 6.45) is 3.57. The predicted octanol–water partition coefficient (Wildman–Crippen LogP) is 2.11. The maximum atomic E-state index is 5.44. The molecule has 4 heteroatoms. The van der Waals surface area contributed by atoms with Crippen LogP contribution >= 0.6 is 0 Å². The van der Waals surface area contributed by atoms with Crippen molar-refractivity contribution in [3.8, 4) is 0 Å². The van der Waals surface area contributed by atoms with E-state index in [4.69, 9.17) is 4.74 Å². The molecule has 1 aromatic rings. The molecule has 1 N–H and O–H groups in total. The molecule has 0 bridgehead atoms. The second kappa shape index (κ2) is 5.85. The molecular weight excluding hydrogens is 226 g/mol. The van der Waals surface area contributed by atoms with Crippen LogP contribution < -0.4 is 5.32 Å². The lowest BCUT2D eigenvalue weighted by Crippen LogP contribution is -2.24. The molecule has 1 unspecified atom stereocenters. The van der Waals surface area contributed by atoms with Crippen LogP contribution in [0.2, 0.25) is 0 Å². The zero-order chi connectivity index (χ0) is 13.1. The largest absolute Gasteiger partial charge is 0.381 e. The molecule has 0 aliphatic carbocycles. The van der Waals surface area contributed by atoms with Crippen molar-refractivity contribution in [2.75, 3.05) is 20.3 Å². The average Bonchev–Trinajstić information content (AvgIpc) is 2.62. The standard InChI is InChI=1S/C14H25N3O/c1-10-14(11(2)17(4)16-10)13(15-3)9-12-5-7-18-8-6-12/h12-13,15H,5-9H2,1-4H3. The number of ether oxygens (including phenoxy) is 1. The normalized spacial score (nSPS) is 19.1. The van der Waals surface area contributed by atoms with Crippen LogP contribution in [0.5, 0.6) is 0 Å². The summed E-state index contributed by atoms with van der Waals surface area (Å²) in [5.41, 5.74) is 3.81. The smallest absolute Gasteiger partial charge is 0.0644 e. The Bertz CT molecular complexity index is 394. The van der Waals surface area contributed by atoms with E-state index in [0.717, 1.165) is 24.8 Å². The van der Waals surface area contributed by atoms with Crippen molar-refractivity contribution < 1.29 is 4.74 Å². The molecule has 0 spiro atoms. The summed E-state index contributed by atoms with van der Waals surface area (Å²) in [6.45, 7) is 6.11. The molecule has 1 aliphatic rings. The molecule has 0 amide bonds. The molecule has 102 valence electrons. The van der Waals surface area contributed by atoms with Gasteiger partial charge < -0.3 is 10.1 Å². The second-order valence-corrected chi connectivity index (χ2v) is 5.34. The summed E-state index contributed by atoms with van der Waals surface area (Å²) in [4.78, 5) is 0. The van der Waals surface area contributed by atoms with Gasteiger partial charge in [0.25, 0.3) is 0 Å². The van der Waals surface area contributed by atoms with E-state index in [1.807, 2.05) is 11.7 Å². The van der Waals surface area contributed by atoms with Gasteiger partial charge in [0, 0.05) is 37.6 Å². The molecule has 2 rings (SSSR count). The maximum absolute atomic E-state index is 5.44. The Morgan fingerprint density at radius 1 is 1.39 bits per heavy atom. The maximum Gasteiger partial charge on any atom is 0.0644 e. The Kier molecular flexibility index (Phi) is 4.40. The average molecular weight is 251 g/mol. The first-order chi connectivity index (χ1) is 8.63. The van der Waals surface area contributed by atoms with Crippen LogP contribution in [-0.4, -0.2) is 30.0 Å². The highest BCUT2D eigenvalue weighted by atomic mass is 16.5. The predicted molar refractivity (Wildman–Crippen MR) is 72.6 cm³/mol. The van der Waals surface area contributed by atoms with Gasteiger partial charge in [-0.1, -0.05) is 0 Å². The lowest BCUT2D eigenvalue weighted by molar-refractivity contribution is 0.0607. The molecule has 1 atom stereocenters. The first-order valence-electron chi connectivity index (χ1n) is 6.88. The van der Waals surface area contributed by atoms with E-state index in [-0.39, 0.29) is 0 Å². The highest BCUT2D eigenvalue weighted by Crippen LogP contribution is 2.30. The Labute approximate surface area is 110 Å². The van der Waals surface area contributed by atoms with Gasteiger partial charge in [0.1, 0.15) is 0 Å². The van der Waals surface area contributed by atoms with Gasteiger partial charge >= 0.3 is 0 Å². The van der Waals surface area contributed by atoms with Gasteiger partial charge in [-0.15, -0.1) is 0 Å². The summed E-state index contributed by atoms with van der Waals surface area (Å²) in [5, 5.41) is 7.99. The summed E-state index contributed by atoms with van der Waals surface area (Å²) in [6, 6.07) is 0.418. The van der Waals surface area contributed by atoms with Gasteiger partial charge in [-0.3, -0.25) is 4.68 Å². The van der Waals surface area contributed by atoms with Crippen molar-refractivity contribution >= 4 is 0 Å². The van der Waals surface area contributed by atoms with E-state index < -0.39 is 0 Å². The third-order valence-corrected chi connectivity index (χ3v) is 4.17. The molecule has 4 nitrogen and oxygen atoms in total. The molecule has 0 aromatic carbocycles. The van der Waals surface area contributed by atoms with Crippen molar-refractivity contribution in [2.24, 2.45) is 13.0 Å². The van der Waals surface area contributed by atoms with Crippen molar-refractivity contribution in [2.45, 2.75) is 39.2 Å². The molecule has 1 aliphatic heterocycles. The number of hydrogen-bond donors (Lipinski definition) is 1.